The Bertz CT molecular complexity index is 983. The lowest BCUT2D eigenvalue weighted by Gasteiger charge is -2.16. The topological polar surface area (TPSA) is 67.2 Å². The van der Waals surface area contributed by atoms with Gasteiger partial charge in [-0.05, 0) is 36.8 Å². The Morgan fingerprint density at radius 1 is 1.19 bits per heavy atom. The Hall–Kier alpha value is -3.12. The Morgan fingerprint density at radius 3 is 2.70 bits per heavy atom. The SMILES string of the molecule is Cc1ccccc1-n1cc(C(=O)N(C)CC(=O)Nc2cccc(Cl)c2)cn1. The Balaban J connectivity index is 1.65. The number of para-hydroxylation sites is 1. The van der Waals surface area contributed by atoms with Crippen molar-refractivity contribution in [3.05, 3.63) is 77.1 Å². The maximum Gasteiger partial charge on any atom is 0.257 e. The number of carbonyl (C=O) groups excluding carboxylic acids is 2. The van der Waals surface area contributed by atoms with Crippen LogP contribution in [0.15, 0.2) is 60.9 Å². The predicted octanol–water partition coefficient (Wildman–Crippen LogP) is 3.54. The van der Waals surface area contributed by atoms with Crippen molar-refractivity contribution in [3.63, 3.8) is 0 Å². The molecular weight excluding hydrogens is 364 g/mol. The van der Waals surface area contributed by atoms with Crippen molar-refractivity contribution in [1.82, 2.24) is 14.7 Å². The van der Waals surface area contributed by atoms with Crippen LogP contribution in [-0.2, 0) is 4.79 Å². The summed E-state index contributed by atoms with van der Waals surface area (Å²) in [6.07, 6.45) is 3.16. The lowest BCUT2D eigenvalue weighted by atomic mass is 10.2. The molecule has 2 amide bonds. The average Bonchev–Trinajstić information content (AvgIpc) is 3.11. The van der Waals surface area contributed by atoms with E-state index in [4.69, 9.17) is 11.6 Å². The van der Waals surface area contributed by atoms with E-state index < -0.39 is 0 Å². The maximum atomic E-state index is 12.6. The smallest absolute Gasteiger partial charge is 0.257 e. The van der Waals surface area contributed by atoms with Crippen LogP contribution in [0.3, 0.4) is 0 Å². The zero-order valence-corrected chi connectivity index (χ0v) is 15.8. The van der Waals surface area contributed by atoms with E-state index in [2.05, 4.69) is 10.4 Å². The summed E-state index contributed by atoms with van der Waals surface area (Å²) in [7, 11) is 1.57. The van der Waals surface area contributed by atoms with Crippen LogP contribution in [0.25, 0.3) is 5.69 Å². The Morgan fingerprint density at radius 2 is 1.96 bits per heavy atom. The minimum Gasteiger partial charge on any atom is -0.332 e. The second-order valence-corrected chi connectivity index (χ2v) is 6.62. The highest BCUT2D eigenvalue weighted by molar-refractivity contribution is 6.30. The van der Waals surface area contributed by atoms with Gasteiger partial charge in [-0.25, -0.2) is 4.68 Å². The molecule has 0 saturated heterocycles. The summed E-state index contributed by atoms with van der Waals surface area (Å²) in [6.45, 7) is 1.89. The van der Waals surface area contributed by atoms with Gasteiger partial charge in [0.15, 0.2) is 0 Å². The third kappa shape index (κ3) is 4.54. The van der Waals surface area contributed by atoms with Crippen molar-refractivity contribution >= 4 is 29.1 Å². The second kappa shape index (κ2) is 8.05. The molecule has 0 spiro atoms. The lowest BCUT2D eigenvalue weighted by molar-refractivity contribution is -0.116. The molecule has 0 aliphatic carbocycles. The van der Waals surface area contributed by atoms with Crippen LogP contribution >= 0.6 is 11.6 Å². The van der Waals surface area contributed by atoms with Crippen LogP contribution in [0.2, 0.25) is 5.02 Å². The van der Waals surface area contributed by atoms with Gasteiger partial charge in [-0.3, -0.25) is 9.59 Å². The molecule has 138 valence electrons. The second-order valence-electron chi connectivity index (χ2n) is 6.18. The molecule has 0 bridgehead atoms. The Kier molecular flexibility index (Phi) is 5.57. The van der Waals surface area contributed by atoms with Crippen molar-refractivity contribution in [2.75, 3.05) is 18.9 Å². The van der Waals surface area contributed by atoms with Crippen molar-refractivity contribution in [2.24, 2.45) is 0 Å². The number of hydrogen-bond acceptors (Lipinski definition) is 3. The lowest BCUT2D eigenvalue weighted by Crippen LogP contribution is -2.34. The van der Waals surface area contributed by atoms with E-state index in [1.807, 2.05) is 31.2 Å². The molecule has 0 unspecified atom stereocenters. The van der Waals surface area contributed by atoms with Crippen LogP contribution in [-0.4, -0.2) is 40.1 Å². The van der Waals surface area contributed by atoms with Crippen molar-refractivity contribution in [3.8, 4) is 5.69 Å². The molecule has 3 rings (SSSR count). The summed E-state index contributed by atoms with van der Waals surface area (Å²) in [5.41, 5.74) is 2.95. The molecule has 3 aromatic rings. The van der Waals surface area contributed by atoms with E-state index in [1.54, 1.807) is 42.2 Å². The van der Waals surface area contributed by atoms with Crippen LogP contribution in [0.4, 0.5) is 5.69 Å². The van der Waals surface area contributed by atoms with E-state index in [0.717, 1.165) is 11.3 Å². The fourth-order valence-electron chi connectivity index (χ4n) is 2.66. The number of carbonyl (C=O) groups is 2. The highest BCUT2D eigenvalue weighted by Crippen LogP contribution is 2.16. The normalized spacial score (nSPS) is 10.5. The van der Waals surface area contributed by atoms with Crippen LogP contribution in [0.1, 0.15) is 15.9 Å². The number of rotatable bonds is 5. The summed E-state index contributed by atoms with van der Waals surface area (Å²) < 4.78 is 1.66. The first-order chi connectivity index (χ1) is 12.9. The number of nitrogens with zero attached hydrogens (tertiary/aromatic N) is 3. The van der Waals surface area contributed by atoms with E-state index in [9.17, 15) is 9.59 Å². The van der Waals surface area contributed by atoms with Gasteiger partial charge in [-0.2, -0.15) is 5.10 Å². The maximum absolute atomic E-state index is 12.6. The zero-order chi connectivity index (χ0) is 19.4. The molecule has 1 N–H and O–H groups in total. The molecule has 7 heteroatoms. The van der Waals surface area contributed by atoms with Gasteiger partial charge in [0.25, 0.3) is 5.91 Å². The van der Waals surface area contributed by atoms with Gasteiger partial charge in [0.1, 0.15) is 0 Å². The van der Waals surface area contributed by atoms with Gasteiger partial charge in [0, 0.05) is 24.0 Å². The molecule has 0 fully saturated rings. The summed E-state index contributed by atoms with van der Waals surface area (Å²) in [5, 5.41) is 7.51. The standard InChI is InChI=1S/C20H19ClN4O2/c1-14-6-3-4-9-18(14)25-12-15(11-22-25)20(27)24(2)13-19(26)23-17-8-5-7-16(21)10-17/h3-12H,13H2,1-2H3,(H,23,26). The molecule has 6 nitrogen and oxygen atoms in total. The summed E-state index contributed by atoms with van der Waals surface area (Å²) >= 11 is 5.90. The zero-order valence-electron chi connectivity index (χ0n) is 15.0. The van der Waals surface area contributed by atoms with Gasteiger partial charge < -0.3 is 10.2 Å². The highest BCUT2D eigenvalue weighted by atomic mass is 35.5. The molecule has 0 saturated carbocycles. The molecule has 2 aromatic carbocycles. The minimum absolute atomic E-state index is 0.0824. The molecular formula is C20H19ClN4O2. The first kappa shape index (κ1) is 18.7. The number of nitrogens with one attached hydrogen (secondary N) is 1. The van der Waals surface area contributed by atoms with E-state index in [0.29, 0.717) is 16.3 Å². The minimum atomic E-state index is -0.306. The number of aryl methyl sites for hydroxylation is 1. The third-order valence-electron chi connectivity index (χ3n) is 4.03. The monoisotopic (exact) mass is 382 g/mol. The molecule has 0 aliphatic heterocycles. The number of hydrogen-bond donors (Lipinski definition) is 1. The van der Waals surface area contributed by atoms with Gasteiger partial charge >= 0.3 is 0 Å². The fourth-order valence-corrected chi connectivity index (χ4v) is 2.85. The summed E-state index contributed by atoms with van der Waals surface area (Å²) in [4.78, 5) is 26.1. The van der Waals surface area contributed by atoms with Crippen molar-refractivity contribution < 1.29 is 9.59 Å². The first-order valence-electron chi connectivity index (χ1n) is 8.35. The van der Waals surface area contributed by atoms with Gasteiger partial charge in [0.2, 0.25) is 5.91 Å². The number of aromatic nitrogens is 2. The summed E-state index contributed by atoms with van der Waals surface area (Å²) in [6, 6.07) is 14.6. The van der Waals surface area contributed by atoms with Gasteiger partial charge in [-0.1, -0.05) is 35.9 Å². The molecule has 0 atom stereocenters. The van der Waals surface area contributed by atoms with Crippen LogP contribution in [0.5, 0.6) is 0 Å². The number of benzene rings is 2. The largest absolute Gasteiger partial charge is 0.332 e. The van der Waals surface area contributed by atoms with E-state index in [-0.39, 0.29) is 18.4 Å². The number of halogens is 1. The predicted molar refractivity (Wildman–Crippen MR) is 105 cm³/mol. The molecule has 0 aliphatic rings. The van der Waals surface area contributed by atoms with Crippen molar-refractivity contribution in [1.29, 1.82) is 0 Å². The average molecular weight is 383 g/mol. The number of amides is 2. The quantitative estimate of drug-likeness (QED) is 0.733. The third-order valence-corrected chi connectivity index (χ3v) is 4.26. The van der Waals surface area contributed by atoms with Gasteiger partial charge in [0.05, 0.1) is 24.0 Å². The van der Waals surface area contributed by atoms with E-state index >= 15 is 0 Å². The fraction of sp³-hybridized carbons (Fsp3) is 0.150. The molecule has 1 aromatic heterocycles. The molecule has 0 radical (unpaired) electrons. The highest BCUT2D eigenvalue weighted by Gasteiger charge is 2.17. The van der Waals surface area contributed by atoms with Crippen molar-refractivity contribution in [2.45, 2.75) is 6.92 Å². The van der Waals surface area contributed by atoms with Gasteiger partial charge in [-0.15, -0.1) is 0 Å². The summed E-state index contributed by atoms with van der Waals surface area (Å²) in [5.74, 6) is -0.588. The van der Waals surface area contributed by atoms with Crippen LogP contribution in [0, 0.1) is 6.92 Å². The van der Waals surface area contributed by atoms with E-state index in [1.165, 1.54) is 11.1 Å². The Labute approximate surface area is 162 Å². The molecule has 1 heterocycles. The van der Waals surface area contributed by atoms with Crippen LogP contribution < -0.4 is 5.32 Å². The number of likely N-dealkylation sites (N-methyl/N-ethyl adjacent to an activating group) is 1. The molecule has 27 heavy (non-hydrogen) atoms. The number of anilines is 1. The first-order valence-corrected chi connectivity index (χ1v) is 8.73.